The van der Waals surface area contributed by atoms with Crippen molar-refractivity contribution in [3.8, 4) is 5.75 Å². The van der Waals surface area contributed by atoms with Crippen LogP contribution < -0.4 is 10.3 Å². The number of nitrogens with zero attached hydrogens (tertiary/aromatic N) is 2. The molecule has 6 heteroatoms. The Kier molecular flexibility index (Phi) is 5.81. The first kappa shape index (κ1) is 20.4. The number of hydrogen-bond donors (Lipinski definition) is 0. The van der Waals surface area contributed by atoms with Gasteiger partial charge in [-0.2, -0.15) is 5.10 Å². The monoisotopic (exact) mass is 380 g/mol. The van der Waals surface area contributed by atoms with Gasteiger partial charge in [0, 0.05) is 0 Å². The Morgan fingerprint density at radius 3 is 2.23 bits per heavy atom. The van der Waals surface area contributed by atoms with Crippen LogP contribution in [0.3, 0.4) is 0 Å². The number of alkyl halides is 1. The largest absolute Gasteiger partial charge is 0.487 e. The summed E-state index contributed by atoms with van der Waals surface area (Å²) in [5.74, 6) is 0.0890. The van der Waals surface area contributed by atoms with Crippen LogP contribution in [0.25, 0.3) is 0 Å². The molecule has 0 aliphatic rings. The van der Waals surface area contributed by atoms with Gasteiger partial charge in [0.25, 0.3) is 5.56 Å². The van der Waals surface area contributed by atoms with E-state index in [-0.39, 0.29) is 22.8 Å². The molecular formula is C20H26ClFN2O2. The smallest absolute Gasteiger partial charge is 0.289 e. The fourth-order valence-electron chi connectivity index (χ4n) is 2.45. The Bertz CT molecular complexity index is 818. The Morgan fingerprint density at radius 2 is 1.73 bits per heavy atom. The normalized spacial score (nSPS) is 13.5. The van der Waals surface area contributed by atoms with E-state index in [4.69, 9.17) is 16.3 Å². The third-order valence-electron chi connectivity index (χ3n) is 4.05. The maximum atomic E-state index is 14.5. The average molecular weight is 381 g/mol. The summed E-state index contributed by atoms with van der Waals surface area (Å²) < 4.78 is 21.2. The quantitative estimate of drug-likeness (QED) is 0.746. The van der Waals surface area contributed by atoms with Crippen LogP contribution in [-0.4, -0.2) is 16.4 Å². The van der Waals surface area contributed by atoms with Gasteiger partial charge in [-0.3, -0.25) is 4.79 Å². The van der Waals surface area contributed by atoms with Crippen LogP contribution >= 0.6 is 11.6 Å². The standard InChI is InChI=1S/C20H26ClFN2O2/c1-19(2,3)14-9-7-13(8-10-14)15(22)12-26-16-11-23-24(20(4,5)6)18(25)17(16)21/h7-11,15H,12H2,1-6H3. The summed E-state index contributed by atoms with van der Waals surface area (Å²) in [6.45, 7) is 11.6. The van der Waals surface area contributed by atoms with E-state index in [2.05, 4.69) is 25.9 Å². The molecule has 0 aliphatic carbocycles. The van der Waals surface area contributed by atoms with Gasteiger partial charge in [-0.1, -0.05) is 56.6 Å². The lowest BCUT2D eigenvalue weighted by molar-refractivity contribution is 0.196. The summed E-state index contributed by atoms with van der Waals surface area (Å²) >= 11 is 6.08. The van der Waals surface area contributed by atoms with E-state index < -0.39 is 17.3 Å². The molecule has 1 heterocycles. The van der Waals surface area contributed by atoms with Crippen molar-refractivity contribution in [3.05, 3.63) is 57.0 Å². The highest BCUT2D eigenvalue weighted by atomic mass is 35.5. The van der Waals surface area contributed by atoms with Crippen LogP contribution in [0, 0.1) is 0 Å². The van der Waals surface area contributed by atoms with Gasteiger partial charge in [-0.15, -0.1) is 0 Å². The zero-order chi connectivity index (χ0) is 19.7. The van der Waals surface area contributed by atoms with Crippen molar-refractivity contribution in [2.24, 2.45) is 0 Å². The molecule has 0 N–H and O–H groups in total. The van der Waals surface area contributed by atoms with Gasteiger partial charge in [-0.25, -0.2) is 9.07 Å². The van der Waals surface area contributed by atoms with Crippen molar-refractivity contribution in [3.63, 3.8) is 0 Å². The molecule has 0 amide bonds. The number of halogens is 2. The molecular weight excluding hydrogens is 355 g/mol. The highest BCUT2D eigenvalue weighted by molar-refractivity contribution is 6.31. The van der Waals surface area contributed by atoms with E-state index in [1.54, 1.807) is 12.1 Å². The molecule has 0 radical (unpaired) electrons. The second-order valence-electron chi connectivity index (χ2n) is 8.36. The van der Waals surface area contributed by atoms with Crippen LogP contribution in [0.1, 0.15) is 58.8 Å². The molecule has 4 nitrogen and oxygen atoms in total. The first-order valence-electron chi connectivity index (χ1n) is 8.57. The van der Waals surface area contributed by atoms with E-state index in [0.29, 0.717) is 5.56 Å². The number of benzene rings is 1. The van der Waals surface area contributed by atoms with E-state index in [0.717, 1.165) is 5.56 Å². The van der Waals surface area contributed by atoms with Gasteiger partial charge in [0.1, 0.15) is 6.61 Å². The molecule has 0 fully saturated rings. The molecule has 1 atom stereocenters. The molecule has 1 unspecified atom stereocenters. The van der Waals surface area contributed by atoms with Gasteiger partial charge < -0.3 is 4.74 Å². The molecule has 0 saturated heterocycles. The van der Waals surface area contributed by atoms with E-state index >= 15 is 0 Å². The Hall–Kier alpha value is -1.88. The molecule has 0 saturated carbocycles. The summed E-state index contributed by atoms with van der Waals surface area (Å²) in [4.78, 5) is 12.3. The molecule has 1 aromatic heterocycles. The summed E-state index contributed by atoms with van der Waals surface area (Å²) in [6, 6.07) is 7.35. The molecule has 0 aliphatic heterocycles. The Morgan fingerprint density at radius 1 is 1.15 bits per heavy atom. The second-order valence-corrected chi connectivity index (χ2v) is 8.74. The number of rotatable bonds is 4. The van der Waals surface area contributed by atoms with Crippen molar-refractivity contribution in [2.75, 3.05) is 6.61 Å². The van der Waals surface area contributed by atoms with Crippen LogP contribution in [0.2, 0.25) is 5.02 Å². The van der Waals surface area contributed by atoms with Crippen LogP contribution in [-0.2, 0) is 11.0 Å². The average Bonchev–Trinajstić information content (AvgIpc) is 2.54. The molecule has 0 bridgehead atoms. The summed E-state index contributed by atoms with van der Waals surface area (Å²) in [7, 11) is 0. The third kappa shape index (κ3) is 4.64. The van der Waals surface area contributed by atoms with Crippen LogP contribution in [0.15, 0.2) is 35.3 Å². The molecule has 2 aromatic rings. The van der Waals surface area contributed by atoms with Crippen molar-refractivity contribution in [1.82, 2.24) is 9.78 Å². The van der Waals surface area contributed by atoms with Crippen molar-refractivity contribution in [2.45, 2.75) is 58.7 Å². The predicted molar refractivity (Wildman–Crippen MR) is 103 cm³/mol. The summed E-state index contributed by atoms with van der Waals surface area (Å²) in [6.07, 6.45) is 0.0230. The fourth-order valence-corrected chi connectivity index (χ4v) is 2.63. The lowest BCUT2D eigenvalue weighted by atomic mass is 9.86. The zero-order valence-corrected chi connectivity index (χ0v) is 16.9. The molecule has 2 rings (SSSR count). The van der Waals surface area contributed by atoms with Crippen LogP contribution in [0.5, 0.6) is 5.75 Å². The van der Waals surface area contributed by atoms with Crippen LogP contribution in [0.4, 0.5) is 4.39 Å². The first-order chi connectivity index (χ1) is 11.9. The van der Waals surface area contributed by atoms with Crippen molar-refractivity contribution >= 4 is 11.6 Å². The SMILES string of the molecule is CC(C)(C)c1ccc(C(F)COc2cnn(C(C)(C)C)c(=O)c2Cl)cc1. The van der Waals surface area contributed by atoms with Gasteiger partial charge in [-0.05, 0) is 37.3 Å². The minimum Gasteiger partial charge on any atom is -0.487 e. The number of ether oxygens (including phenoxy) is 1. The van der Waals surface area contributed by atoms with Gasteiger partial charge in [0.2, 0.25) is 0 Å². The molecule has 142 valence electrons. The molecule has 1 aromatic carbocycles. The maximum Gasteiger partial charge on any atom is 0.289 e. The Labute approximate surface area is 158 Å². The zero-order valence-electron chi connectivity index (χ0n) is 16.1. The van der Waals surface area contributed by atoms with Gasteiger partial charge >= 0.3 is 0 Å². The molecule has 26 heavy (non-hydrogen) atoms. The lowest BCUT2D eigenvalue weighted by Gasteiger charge is -2.21. The Balaban J connectivity index is 2.11. The van der Waals surface area contributed by atoms with E-state index in [1.165, 1.54) is 10.9 Å². The fraction of sp³-hybridized carbons (Fsp3) is 0.500. The van der Waals surface area contributed by atoms with E-state index in [9.17, 15) is 9.18 Å². The minimum atomic E-state index is -1.33. The lowest BCUT2D eigenvalue weighted by Crippen LogP contribution is -2.36. The summed E-state index contributed by atoms with van der Waals surface area (Å²) in [5, 5.41) is 3.98. The number of hydrogen-bond acceptors (Lipinski definition) is 3. The van der Waals surface area contributed by atoms with Crippen molar-refractivity contribution in [1.29, 1.82) is 0 Å². The second kappa shape index (κ2) is 7.39. The third-order valence-corrected chi connectivity index (χ3v) is 4.39. The highest BCUT2D eigenvalue weighted by Gasteiger charge is 2.21. The topological polar surface area (TPSA) is 44.1 Å². The maximum absolute atomic E-state index is 14.5. The minimum absolute atomic E-state index is 0.0109. The van der Waals surface area contributed by atoms with E-state index in [1.807, 2.05) is 32.9 Å². The van der Waals surface area contributed by atoms with Gasteiger partial charge in [0.05, 0.1) is 11.7 Å². The van der Waals surface area contributed by atoms with Crippen molar-refractivity contribution < 1.29 is 9.13 Å². The number of aromatic nitrogens is 2. The predicted octanol–water partition coefficient (Wildman–Crippen LogP) is 5.04. The molecule has 0 spiro atoms. The van der Waals surface area contributed by atoms with Gasteiger partial charge in [0.15, 0.2) is 16.9 Å². The summed E-state index contributed by atoms with van der Waals surface area (Å²) in [5.41, 5.74) is 0.701. The highest BCUT2D eigenvalue weighted by Crippen LogP contribution is 2.27. The first-order valence-corrected chi connectivity index (χ1v) is 8.94.